The smallest absolute Gasteiger partial charge is 0.185 e. The van der Waals surface area contributed by atoms with E-state index in [1.807, 2.05) is 0 Å². The van der Waals surface area contributed by atoms with Gasteiger partial charge < -0.3 is 10.1 Å². The predicted octanol–water partition coefficient (Wildman–Crippen LogP) is -0.850. The van der Waals surface area contributed by atoms with Crippen molar-refractivity contribution >= 4 is 7.98 Å². The van der Waals surface area contributed by atoms with Crippen LogP contribution < -0.4 is 5.32 Å². The van der Waals surface area contributed by atoms with E-state index in [4.69, 9.17) is 0 Å². The Morgan fingerprint density at radius 1 is 1.23 bits per heavy atom. The van der Waals surface area contributed by atoms with Gasteiger partial charge in [-0.15, -0.1) is 0 Å². The maximum Gasteiger partial charge on any atom is 0.185 e. The third-order valence-corrected chi connectivity index (χ3v) is 2.58. The standard InChI is InChI=1S/C9H22BN3/c1-9(2)11-3-4-12-5-7-13(10)8-6-12/h9,11H,3-8,10H2,1-2H3. The van der Waals surface area contributed by atoms with E-state index in [0.717, 1.165) is 6.54 Å². The van der Waals surface area contributed by atoms with Crippen LogP contribution in [-0.2, 0) is 0 Å². The van der Waals surface area contributed by atoms with Gasteiger partial charge in [0.25, 0.3) is 0 Å². The van der Waals surface area contributed by atoms with Crippen molar-refractivity contribution in [1.29, 1.82) is 0 Å². The summed E-state index contributed by atoms with van der Waals surface area (Å²) in [5.74, 6) is 0. The summed E-state index contributed by atoms with van der Waals surface area (Å²) in [5, 5.41) is 3.45. The van der Waals surface area contributed by atoms with Crippen molar-refractivity contribution < 1.29 is 0 Å². The van der Waals surface area contributed by atoms with Crippen LogP contribution >= 0.6 is 0 Å². The van der Waals surface area contributed by atoms with Gasteiger partial charge in [0.1, 0.15) is 0 Å². The Morgan fingerprint density at radius 2 is 1.85 bits per heavy atom. The molecule has 1 rings (SSSR count). The molecule has 1 saturated heterocycles. The summed E-state index contributed by atoms with van der Waals surface area (Å²) in [6, 6.07) is 0.618. The molecule has 0 aromatic carbocycles. The van der Waals surface area contributed by atoms with E-state index in [1.165, 1.54) is 32.7 Å². The molecule has 0 bridgehead atoms. The van der Waals surface area contributed by atoms with Gasteiger partial charge in [-0.3, -0.25) is 4.90 Å². The van der Waals surface area contributed by atoms with Crippen LogP contribution in [0, 0.1) is 0 Å². The van der Waals surface area contributed by atoms with Gasteiger partial charge in [-0.2, -0.15) is 0 Å². The van der Waals surface area contributed by atoms with Crippen molar-refractivity contribution in [3.05, 3.63) is 0 Å². The molecule has 13 heavy (non-hydrogen) atoms. The van der Waals surface area contributed by atoms with Crippen molar-refractivity contribution in [3.63, 3.8) is 0 Å². The lowest BCUT2D eigenvalue weighted by Crippen LogP contribution is -2.47. The summed E-state index contributed by atoms with van der Waals surface area (Å²) in [7, 11) is 2.20. The van der Waals surface area contributed by atoms with Crippen molar-refractivity contribution in [2.24, 2.45) is 0 Å². The number of hydrogen-bond donors (Lipinski definition) is 1. The van der Waals surface area contributed by atoms with E-state index in [-0.39, 0.29) is 0 Å². The van der Waals surface area contributed by atoms with Crippen molar-refractivity contribution in [1.82, 2.24) is 15.0 Å². The summed E-state index contributed by atoms with van der Waals surface area (Å²) in [6.07, 6.45) is 0. The molecule has 76 valence electrons. The summed E-state index contributed by atoms with van der Waals surface area (Å²) in [6.45, 7) is 11.6. The first-order valence-electron chi connectivity index (χ1n) is 5.33. The summed E-state index contributed by atoms with van der Waals surface area (Å²) in [5.41, 5.74) is 0. The lowest BCUT2D eigenvalue weighted by atomic mass is 10.2. The molecular formula is C9H22BN3. The molecule has 0 spiro atoms. The highest BCUT2D eigenvalue weighted by Gasteiger charge is 2.12. The minimum atomic E-state index is 0.618. The molecule has 1 fully saturated rings. The van der Waals surface area contributed by atoms with Gasteiger partial charge in [0, 0.05) is 32.2 Å². The fraction of sp³-hybridized carbons (Fsp3) is 1.00. The maximum absolute atomic E-state index is 3.45. The number of rotatable bonds is 4. The first-order valence-corrected chi connectivity index (χ1v) is 5.33. The van der Waals surface area contributed by atoms with Gasteiger partial charge in [0.05, 0.1) is 0 Å². The van der Waals surface area contributed by atoms with E-state index in [0.29, 0.717) is 6.04 Å². The maximum atomic E-state index is 3.45. The number of nitrogens with zero attached hydrogens (tertiary/aromatic N) is 2. The molecule has 0 unspecified atom stereocenters. The van der Waals surface area contributed by atoms with Crippen LogP contribution in [0.4, 0.5) is 0 Å². The van der Waals surface area contributed by atoms with Gasteiger partial charge in [0.2, 0.25) is 0 Å². The van der Waals surface area contributed by atoms with Crippen molar-refractivity contribution in [2.75, 3.05) is 39.3 Å². The molecule has 0 aliphatic carbocycles. The summed E-state index contributed by atoms with van der Waals surface area (Å²) < 4.78 is 0. The predicted molar refractivity (Wildman–Crippen MR) is 59.7 cm³/mol. The lowest BCUT2D eigenvalue weighted by molar-refractivity contribution is 0.191. The van der Waals surface area contributed by atoms with E-state index in [9.17, 15) is 0 Å². The summed E-state index contributed by atoms with van der Waals surface area (Å²) in [4.78, 5) is 4.93. The molecule has 1 N–H and O–H groups in total. The number of hydrogen-bond acceptors (Lipinski definition) is 3. The number of piperazine rings is 1. The molecule has 0 atom stereocenters. The highest BCUT2D eigenvalue weighted by molar-refractivity contribution is 6.04. The molecule has 4 heteroatoms. The number of nitrogens with one attached hydrogen (secondary N) is 1. The lowest BCUT2D eigenvalue weighted by Gasteiger charge is -2.32. The van der Waals surface area contributed by atoms with Crippen LogP contribution in [-0.4, -0.2) is 63.0 Å². The average molecular weight is 183 g/mol. The average Bonchev–Trinajstić information content (AvgIpc) is 2.08. The third-order valence-electron chi connectivity index (χ3n) is 2.58. The van der Waals surface area contributed by atoms with Gasteiger partial charge in [0.15, 0.2) is 7.98 Å². The second-order valence-corrected chi connectivity index (χ2v) is 4.25. The van der Waals surface area contributed by atoms with Gasteiger partial charge in [-0.1, -0.05) is 13.8 Å². The summed E-state index contributed by atoms with van der Waals surface area (Å²) >= 11 is 0. The zero-order valence-electron chi connectivity index (χ0n) is 9.21. The molecule has 0 radical (unpaired) electrons. The van der Waals surface area contributed by atoms with E-state index < -0.39 is 0 Å². The van der Waals surface area contributed by atoms with Crippen LogP contribution in [0.25, 0.3) is 0 Å². The van der Waals surface area contributed by atoms with Crippen LogP contribution in [0.3, 0.4) is 0 Å². The van der Waals surface area contributed by atoms with Crippen LogP contribution in [0.5, 0.6) is 0 Å². The molecule has 0 saturated carbocycles. The molecule has 1 aliphatic rings. The zero-order chi connectivity index (χ0) is 9.68. The highest BCUT2D eigenvalue weighted by atomic mass is 15.2. The topological polar surface area (TPSA) is 18.5 Å². The second kappa shape index (κ2) is 5.63. The second-order valence-electron chi connectivity index (χ2n) is 4.25. The van der Waals surface area contributed by atoms with Gasteiger partial charge >= 0.3 is 0 Å². The molecular weight excluding hydrogens is 161 g/mol. The molecule has 0 aromatic rings. The van der Waals surface area contributed by atoms with Crippen molar-refractivity contribution in [2.45, 2.75) is 19.9 Å². The molecule has 3 nitrogen and oxygen atoms in total. The molecule has 1 heterocycles. The fourth-order valence-electron chi connectivity index (χ4n) is 1.58. The van der Waals surface area contributed by atoms with Crippen molar-refractivity contribution in [3.8, 4) is 0 Å². The highest BCUT2D eigenvalue weighted by Crippen LogP contribution is 1.96. The molecule has 0 aromatic heterocycles. The quantitative estimate of drug-likeness (QED) is 0.573. The minimum absolute atomic E-state index is 0.618. The van der Waals surface area contributed by atoms with E-state index >= 15 is 0 Å². The van der Waals surface area contributed by atoms with Crippen LogP contribution in [0.15, 0.2) is 0 Å². The Balaban J connectivity index is 2.02. The first kappa shape index (κ1) is 11.0. The van der Waals surface area contributed by atoms with Gasteiger partial charge in [-0.05, 0) is 13.1 Å². The Hall–Kier alpha value is -0.0551. The zero-order valence-corrected chi connectivity index (χ0v) is 9.21. The third kappa shape index (κ3) is 4.65. The minimum Gasteiger partial charge on any atom is -0.346 e. The normalized spacial score (nSPS) is 21.2. The largest absolute Gasteiger partial charge is 0.346 e. The Labute approximate surface area is 82.9 Å². The van der Waals surface area contributed by atoms with Crippen LogP contribution in [0.2, 0.25) is 0 Å². The monoisotopic (exact) mass is 183 g/mol. The molecule has 0 amide bonds. The van der Waals surface area contributed by atoms with E-state index in [1.54, 1.807) is 0 Å². The van der Waals surface area contributed by atoms with Gasteiger partial charge in [-0.25, -0.2) is 0 Å². The Kier molecular flexibility index (Phi) is 4.77. The van der Waals surface area contributed by atoms with E-state index in [2.05, 4.69) is 36.9 Å². The fourth-order valence-corrected chi connectivity index (χ4v) is 1.58. The van der Waals surface area contributed by atoms with Crippen LogP contribution in [0.1, 0.15) is 13.8 Å². The molecule has 1 aliphatic heterocycles. The Morgan fingerprint density at radius 3 is 2.38 bits per heavy atom. The first-order chi connectivity index (χ1) is 6.18. The SMILES string of the molecule is BN1CCN(CCNC(C)C)CC1. The Bertz CT molecular complexity index is 133.